The van der Waals surface area contributed by atoms with Gasteiger partial charge in [-0.15, -0.1) is 0 Å². The van der Waals surface area contributed by atoms with Crippen LogP contribution in [-0.2, 0) is 4.79 Å². The molecule has 7 heteroatoms. The van der Waals surface area contributed by atoms with Crippen molar-refractivity contribution in [1.82, 2.24) is 14.9 Å². The van der Waals surface area contributed by atoms with Crippen LogP contribution in [0.1, 0.15) is 16.1 Å². The minimum Gasteiger partial charge on any atom is -0.336 e. The number of anilines is 1. The summed E-state index contributed by atoms with van der Waals surface area (Å²) in [7, 11) is 0. The Morgan fingerprint density at radius 1 is 1.30 bits per heavy atom. The van der Waals surface area contributed by atoms with Crippen LogP contribution < -0.4 is 5.32 Å². The fraction of sp³-hybridized carbons (Fsp3) is 0.250. The van der Waals surface area contributed by atoms with Crippen molar-refractivity contribution in [1.29, 1.82) is 0 Å². The van der Waals surface area contributed by atoms with Gasteiger partial charge in [0.25, 0.3) is 5.91 Å². The normalized spacial score (nSPS) is 14.3. The van der Waals surface area contributed by atoms with Crippen LogP contribution in [0.25, 0.3) is 0 Å². The second-order valence-electron chi connectivity index (χ2n) is 5.45. The zero-order valence-corrected chi connectivity index (χ0v) is 14.1. The summed E-state index contributed by atoms with van der Waals surface area (Å²) >= 11 is 3.43. The summed E-state index contributed by atoms with van der Waals surface area (Å²) in [6.45, 7) is 2.76. The molecule has 1 N–H and O–H groups in total. The fourth-order valence-corrected chi connectivity index (χ4v) is 2.60. The molecule has 0 saturated carbocycles. The van der Waals surface area contributed by atoms with Crippen LogP contribution in [-0.4, -0.2) is 39.8 Å². The lowest BCUT2D eigenvalue weighted by Gasteiger charge is -2.37. The first-order valence-corrected chi connectivity index (χ1v) is 7.96. The smallest absolute Gasteiger partial charge is 0.274 e. The van der Waals surface area contributed by atoms with E-state index < -0.39 is 0 Å². The van der Waals surface area contributed by atoms with Gasteiger partial charge in [0, 0.05) is 35.6 Å². The number of benzene rings is 1. The molecule has 1 aromatic carbocycles. The molecule has 0 atom stereocenters. The average molecular weight is 375 g/mol. The summed E-state index contributed by atoms with van der Waals surface area (Å²) in [5.74, 6) is -0.462. The minimum absolute atomic E-state index is 0.0741. The molecule has 1 aliphatic heterocycles. The molecule has 0 radical (unpaired) electrons. The van der Waals surface area contributed by atoms with Crippen LogP contribution in [0.4, 0.5) is 5.69 Å². The number of nitrogens with zero attached hydrogens (tertiary/aromatic N) is 3. The predicted octanol–water partition coefficient (Wildman–Crippen LogP) is 2.26. The molecule has 1 saturated heterocycles. The van der Waals surface area contributed by atoms with Crippen molar-refractivity contribution in [3.8, 4) is 0 Å². The Bertz CT molecular complexity index is 745. The van der Waals surface area contributed by atoms with Crippen molar-refractivity contribution < 1.29 is 9.59 Å². The van der Waals surface area contributed by atoms with E-state index in [2.05, 4.69) is 31.2 Å². The van der Waals surface area contributed by atoms with E-state index in [1.165, 1.54) is 18.6 Å². The van der Waals surface area contributed by atoms with Crippen molar-refractivity contribution in [2.24, 2.45) is 5.92 Å². The maximum Gasteiger partial charge on any atom is 0.274 e. The van der Waals surface area contributed by atoms with Gasteiger partial charge in [-0.25, -0.2) is 4.98 Å². The molecule has 6 nitrogen and oxygen atoms in total. The van der Waals surface area contributed by atoms with Gasteiger partial charge >= 0.3 is 0 Å². The summed E-state index contributed by atoms with van der Waals surface area (Å²) in [6, 6.07) is 5.65. The second kappa shape index (κ2) is 6.45. The highest BCUT2D eigenvalue weighted by atomic mass is 79.9. The van der Waals surface area contributed by atoms with Gasteiger partial charge in [0.15, 0.2) is 0 Å². The van der Waals surface area contributed by atoms with E-state index in [0.29, 0.717) is 18.8 Å². The van der Waals surface area contributed by atoms with Gasteiger partial charge in [-0.1, -0.05) is 15.9 Å². The van der Waals surface area contributed by atoms with Gasteiger partial charge in [0.2, 0.25) is 5.91 Å². The van der Waals surface area contributed by atoms with Gasteiger partial charge in [-0.2, -0.15) is 0 Å². The first kappa shape index (κ1) is 15.6. The molecule has 1 fully saturated rings. The van der Waals surface area contributed by atoms with Crippen LogP contribution in [0, 0.1) is 12.8 Å². The average Bonchev–Trinajstić information content (AvgIpc) is 2.50. The monoisotopic (exact) mass is 374 g/mol. The van der Waals surface area contributed by atoms with Crippen LogP contribution >= 0.6 is 15.9 Å². The Labute approximate surface area is 142 Å². The lowest BCUT2D eigenvalue weighted by atomic mass is 9.98. The third-order valence-corrected chi connectivity index (χ3v) is 4.64. The Kier molecular flexibility index (Phi) is 4.38. The Morgan fingerprint density at radius 2 is 2.09 bits per heavy atom. The maximum atomic E-state index is 12.2. The van der Waals surface area contributed by atoms with Crippen LogP contribution in [0.15, 0.2) is 41.3 Å². The first-order chi connectivity index (χ1) is 11.0. The Balaban J connectivity index is 1.55. The summed E-state index contributed by atoms with van der Waals surface area (Å²) in [4.78, 5) is 33.8. The number of halogens is 1. The van der Waals surface area contributed by atoms with Gasteiger partial charge in [0.1, 0.15) is 5.69 Å². The molecule has 0 unspecified atom stereocenters. The van der Waals surface area contributed by atoms with Crippen molar-refractivity contribution in [2.75, 3.05) is 18.4 Å². The van der Waals surface area contributed by atoms with Crippen molar-refractivity contribution in [2.45, 2.75) is 6.92 Å². The van der Waals surface area contributed by atoms with E-state index in [4.69, 9.17) is 0 Å². The number of aromatic nitrogens is 2. The molecule has 0 spiro atoms. The standard InChI is InChI=1S/C16H15BrN4O2/c1-10-6-12(2-3-13(10)17)20-15(22)11-8-21(9-11)16(23)14-7-18-4-5-19-14/h2-7,11H,8-9H2,1H3,(H,20,22). The number of carbonyl (C=O) groups excluding carboxylic acids is 2. The van der Waals surface area contributed by atoms with Crippen molar-refractivity contribution in [3.63, 3.8) is 0 Å². The number of likely N-dealkylation sites (tertiary alicyclic amines) is 1. The first-order valence-electron chi connectivity index (χ1n) is 7.17. The lowest BCUT2D eigenvalue weighted by Crippen LogP contribution is -2.54. The number of rotatable bonds is 3. The third kappa shape index (κ3) is 3.39. The highest BCUT2D eigenvalue weighted by Gasteiger charge is 2.36. The molecule has 23 heavy (non-hydrogen) atoms. The second-order valence-corrected chi connectivity index (χ2v) is 6.31. The summed E-state index contributed by atoms with van der Waals surface area (Å²) < 4.78 is 1.000. The van der Waals surface area contributed by atoms with Crippen LogP contribution in [0.2, 0.25) is 0 Å². The molecule has 2 heterocycles. The quantitative estimate of drug-likeness (QED) is 0.893. The molecular formula is C16H15BrN4O2. The molecule has 2 amide bonds. The number of aryl methyl sites for hydroxylation is 1. The number of amides is 2. The SMILES string of the molecule is Cc1cc(NC(=O)C2CN(C(=O)c3cnccn3)C2)ccc1Br. The number of nitrogens with one attached hydrogen (secondary N) is 1. The van der Waals surface area contributed by atoms with Gasteiger partial charge in [-0.05, 0) is 30.7 Å². The number of hydrogen-bond acceptors (Lipinski definition) is 4. The Morgan fingerprint density at radius 3 is 2.74 bits per heavy atom. The van der Waals surface area contributed by atoms with E-state index in [1.807, 2.05) is 25.1 Å². The van der Waals surface area contributed by atoms with E-state index >= 15 is 0 Å². The van der Waals surface area contributed by atoms with Gasteiger partial charge in [-0.3, -0.25) is 14.6 Å². The van der Waals surface area contributed by atoms with E-state index in [1.54, 1.807) is 4.90 Å². The molecule has 0 bridgehead atoms. The molecule has 2 aromatic rings. The van der Waals surface area contributed by atoms with Crippen LogP contribution in [0.3, 0.4) is 0 Å². The molecule has 1 aromatic heterocycles. The lowest BCUT2D eigenvalue weighted by molar-refractivity contribution is -0.123. The van der Waals surface area contributed by atoms with Gasteiger partial charge < -0.3 is 10.2 Å². The van der Waals surface area contributed by atoms with Crippen LogP contribution in [0.5, 0.6) is 0 Å². The predicted molar refractivity (Wildman–Crippen MR) is 88.9 cm³/mol. The minimum atomic E-state index is -0.195. The van der Waals surface area contributed by atoms with Gasteiger partial charge in [0.05, 0.1) is 12.1 Å². The van der Waals surface area contributed by atoms with Crippen molar-refractivity contribution >= 4 is 33.4 Å². The number of carbonyl (C=O) groups is 2. The summed E-state index contributed by atoms with van der Waals surface area (Å²) in [6.07, 6.45) is 4.43. The molecule has 118 valence electrons. The fourth-order valence-electron chi connectivity index (χ4n) is 2.35. The molecular weight excluding hydrogens is 360 g/mol. The Hall–Kier alpha value is -2.28. The largest absolute Gasteiger partial charge is 0.336 e. The molecule has 0 aliphatic carbocycles. The van der Waals surface area contributed by atoms with Crippen molar-refractivity contribution in [3.05, 3.63) is 52.5 Å². The zero-order chi connectivity index (χ0) is 16.4. The summed E-state index contributed by atoms with van der Waals surface area (Å²) in [5.41, 5.74) is 2.11. The zero-order valence-electron chi connectivity index (χ0n) is 12.5. The number of hydrogen-bond donors (Lipinski definition) is 1. The topological polar surface area (TPSA) is 75.2 Å². The van der Waals surface area contributed by atoms with E-state index in [0.717, 1.165) is 15.7 Å². The highest BCUT2D eigenvalue weighted by Crippen LogP contribution is 2.23. The molecule has 3 rings (SSSR count). The highest BCUT2D eigenvalue weighted by molar-refractivity contribution is 9.10. The van der Waals surface area contributed by atoms with E-state index in [9.17, 15) is 9.59 Å². The van der Waals surface area contributed by atoms with E-state index in [-0.39, 0.29) is 17.7 Å². The third-order valence-electron chi connectivity index (χ3n) is 3.75. The maximum absolute atomic E-state index is 12.2. The summed E-state index contributed by atoms with van der Waals surface area (Å²) in [5, 5.41) is 2.89. The molecule has 1 aliphatic rings.